The van der Waals surface area contributed by atoms with Gasteiger partial charge in [-0.3, -0.25) is 9.48 Å². The van der Waals surface area contributed by atoms with Crippen LogP contribution >= 0.6 is 35.1 Å². The van der Waals surface area contributed by atoms with Gasteiger partial charge in [-0.15, -0.1) is 23.7 Å². The topological polar surface area (TPSA) is 71.8 Å². The van der Waals surface area contributed by atoms with Gasteiger partial charge in [-0.1, -0.05) is 11.3 Å². The van der Waals surface area contributed by atoms with Crippen molar-refractivity contribution in [2.45, 2.75) is 5.92 Å². The third-order valence-corrected chi connectivity index (χ3v) is 5.97. The number of hydrogen-bond donors (Lipinski definition) is 2. The second-order valence-corrected chi connectivity index (χ2v) is 7.59. The Morgan fingerprint density at radius 3 is 3.09 bits per heavy atom. The minimum atomic E-state index is -0.0915. The SMILES string of the molecule is Cl.Cn1cc([C@H]2CNC[C@@H]2C(=O)Nc2nc3ccsc3s2)cn1. The Morgan fingerprint density at radius 1 is 1.48 bits per heavy atom. The van der Waals surface area contributed by atoms with E-state index in [0.717, 1.165) is 21.6 Å². The van der Waals surface area contributed by atoms with Crippen LogP contribution in [0.4, 0.5) is 5.13 Å². The zero-order valence-electron chi connectivity index (χ0n) is 12.4. The van der Waals surface area contributed by atoms with E-state index in [1.54, 1.807) is 16.0 Å². The number of thiazole rings is 1. The molecule has 1 amide bonds. The summed E-state index contributed by atoms with van der Waals surface area (Å²) in [4.78, 5) is 17.0. The molecule has 0 radical (unpaired) electrons. The number of anilines is 1. The van der Waals surface area contributed by atoms with Crippen LogP contribution in [0.5, 0.6) is 0 Å². The van der Waals surface area contributed by atoms with Gasteiger partial charge in [-0.2, -0.15) is 5.10 Å². The number of amides is 1. The smallest absolute Gasteiger partial charge is 0.231 e. The zero-order valence-corrected chi connectivity index (χ0v) is 14.8. The second-order valence-electron chi connectivity index (χ2n) is 5.42. The summed E-state index contributed by atoms with van der Waals surface area (Å²) in [5.41, 5.74) is 2.06. The molecule has 9 heteroatoms. The molecule has 3 aromatic heterocycles. The first-order valence-corrected chi connectivity index (χ1v) is 8.74. The number of aryl methyl sites for hydroxylation is 1. The highest BCUT2D eigenvalue weighted by atomic mass is 35.5. The van der Waals surface area contributed by atoms with Crippen LogP contribution in [-0.2, 0) is 11.8 Å². The van der Waals surface area contributed by atoms with Gasteiger partial charge in [0.15, 0.2) is 5.13 Å². The van der Waals surface area contributed by atoms with Crippen molar-refractivity contribution in [3.05, 3.63) is 29.4 Å². The maximum Gasteiger partial charge on any atom is 0.231 e. The number of nitrogens with zero attached hydrogens (tertiary/aromatic N) is 3. The van der Waals surface area contributed by atoms with Gasteiger partial charge in [0, 0.05) is 32.3 Å². The molecule has 1 aliphatic rings. The lowest BCUT2D eigenvalue weighted by molar-refractivity contribution is -0.119. The lowest BCUT2D eigenvalue weighted by atomic mass is 9.90. The predicted molar refractivity (Wildman–Crippen MR) is 95.7 cm³/mol. The first kappa shape index (κ1) is 16.4. The normalized spacial score (nSPS) is 20.6. The van der Waals surface area contributed by atoms with E-state index in [0.29, 0.717) is 11.7 Å². The van der Waals surface area contributed by atoms with Crippen LogP contribution in [0.2, 0.25) is 0 Å². The predicted octanol–water partition coefficient (Wildman–Crippen LogP) is 2.45. The Labute approximate surface area is 147 Å². The summed E-state index contributed by atoms with van der Waals surface area (Å²) in [5, 5.41) is 13.2. The minimum absolute atomic E-state index is 0. The van der Waals surface area contributed by atoms with Crippen LogP contribution in [0.25, 0.3) is 9.53 Å². The highest BCUT2D eigenvalue weighted by Gasteiger charge is 2.35. The number of carbonyl (C=O) groups excluding carboxylic acids is 1. The van der Waals surface area contributed by atoms with Crippen molar-refractivity contribution in [1.82, 2.24) is 20.1 Å². The van der Waals surface area contributed by atoms with Gasteiger partial charge >= 0.3 is 0 Å². The van der Waals surface area contributed by atoms with Crippen molar-refractivity contribution in [2.75, 3.05) is 18.4 Å². The van der Waals surface area contributed by atoms with Crippen molar-refractivity contribution in [3.63, 3.8) is 0 Å². The number of rotatable bonds is 3. The standard InChI is InChI=1S/C14H15N5OS2.ClH/c1-19-7-8(4-16-19)9-5-15-6-10(9)12(20)18-14-17-11-2-3-21-13(11)22-14;/h2-4,7,9-10,15H,5-6H2,1H3,(H,17,18,20);1H/t9-,10+;/m1./s1. The molecule has 0 spiro atoms. The monoisotopic (exact) mass is 369 g/mol. The van der Waals surface area contributed by atoms with Gasteiger partial charge < -0.3 is 10.6 Å². The molecule has 4 rings (SSSR count). The first-order chi connectivity index (χ1) is 10.7. The van der Waals surface area contributed by atoms with Crippen LogP contribution < -0.4 is 10.6 Å². The van der Waals surface area contributed by atoms with E-state index in [1.165, 1.54) is 11.3 Å². The molecule has 3 aromatic rings. The van der Waals surface area contributed by atoms with Gasteiger partial charge in [0.05, 0.1) is 17.6 Å². The van der Waals surface area contributed by atoms with Gasteiger partial charge in [0.2, 0.25) is 5.91 Å². The van der Waals surface area contributed by atoms with E-state index in [-0.39, 0.29) is 30.2 Å². The fourth-order valence-electron chi connectivity index (χ4n) is 2.86. The van der Waals surface area contributed by atoms with Gasteiger partial charge in [0.1, 0.15) is 4.01 Å². The lowest BCUT2D eigenvalue weighted by Crippen LogP contribution is -2.27. The molecule has 2 atom stereocenters. The third kappa shape index (κ3) is 3.12. The molecule has 1 saturated heterocycles. The molecule has 2 N–H and O–H groups in total. The second kappa shape index (κ2) is 6.56. The first-order valence-electron chi connectivity index (χ1n) is 7.05. The van der Waals surface area contributed by atoms with Crippen molar-refractivity contribution in [2.24, 2.45) is 13.0 Å². The van der Waals surface area contributed by atoms with E-state index in [4.69, 9.17) is 0 Å². The number of nitrogens with one attached hydrogen (secondary N) is 2. The highest BCUT2D eigenvalue weighted by Crippen LogP contribution is 2.32. The molecule has 4 heterocycles. The molecule has 122 valence electrons. The average molecular weight is 370 g/mol. The van der Waals surface area contributed by atoms with E-state index in [2.05, 4.69) is 20.7 Å². The van der Waals surface area contributed by atoms with Gasteiger partial charge in [-0.05, 0) is 17.0 Å². The molecule has 0 aromatic carbocycles. The fourth-order valence-corrected chi connectivity index (χ4v) is 4.70. The van der Waals surface area contributed by atoms with Crippen LogP contribution in [0, 0.1) is 5.92 Å². The van der Waals surface area contributed by atoms with Crippen LogP contribution in [0.1, 0.15) is 11.5 Å². The molecule has 0 bridgehead atoms. The number of fused-ring (bicyclic) bond motifs is 1. The van der Waals surface area contributed by atoms with Crippen molar-refractivity contribution in [3.8, 4) is 0 Å². The van der Waals surface area contributed by atoms with Crippen molar-refractivity contribution in [1.29, 1.82) is 0 Å². The van der Waals surface area contributed by atoms with Crippen LogP contribution in [-0.4, -0.2) is 33.8 Å². The Balaban J connectivity index is 0.00000156. The minimum Gasteiger partial charge on any atom is -0.315 e. The van der Waals surface area contributed by atoms with Crippen molar-refractivity contribution < 1.29 is 4.79 Å². The molecule has 6 nitrogen and oxygen atoms in total. The Kier molecular flexibility index (Phi) is 4.67. The Hall–Kier alpha value is -1.48. The number of carbonyl (C=O) groups is 1. The van der Waals surface area contributed by atoms with Crippen LogP contribution in [0.3, 0.4) is 0 Å². The van der Waals surface area contributed by atoms with Crippen molar-refractivity contribution >= 4 is 55.6 Å². The molecule has 0 saturated carbocycles. The fraction of sp³-hybridized carbons (Fsp3) is 0.357. The molecule has 0 aliphatic carbocycles. The number of hydrogen-bond acceptors (Lipinski definition) is 6. The average Bonchev–Trinajstić information content (AvgIpc) is 3.19. The summed E-state index contributed by atoms with van der Waals surface area (Å²) in [6.07, 6.45) is 3.83. The maximum atomic E-state index is 12.6. The number of halogens is 1. The Morgan fingerprint density at radius 2 is 2.35 bits per heavy atom. The van der Waals surface area contributed by atoms with Gasteiger partial charge in [-0.25, -0.2) is 4.98 Å². The summed E-state index contributed by atoms with van der Waals surface area (Å²) < 4.78 is 2.92. The molecule has 23 heavy (non-hydrogen) atoms. The lowest BCUT2D eigenvalue weighted by Gasteiger charge is -2.15. The number of aromatic nitrogens is 3. The summed E-state index contributed by atoms with van der Waals surface area (Å²) in [6.45, 7) is 1.49. The molecule has 1 fully saturated rings. The van der Waals surface area contributed by atoms with E-state index >= 15 is 0 Å². The van der Waals surface area contributed by atoms with E-state index in [1.807, 2.05) is 30.9 Å². The molecular weight excluding hydrogens is 354 g/mol. The summed E-state index contributed by atoms with van der Waals surface area (Å²) in [5.74, 6) is 0.0983. The third-order valence-electron chi connectivity index (χ3n) is 3.96. The summed E-state index contributed by atoms with van der Waals surface area (Å²) >= 11 is 3.18. The zero-order chi connectivity index (χ0) is 15.1. The quantitative estimate of drug-likeness (QED) is 0.743. The molecule has 0 unspecified atom stereocenters. The molecule has 1 aliphatic heterocycles. The van der Waals surface area contributed by atoms with E-state index in [9.17, 15) is 4.79 Å². The largest absolute Gasteiger partial charge is 0.315 e. The summed E-state index contributed by atoms with van der Waals surface area (Å²) in [6, 6.07) is 1.97. The van der Waals surface area contributed by atoms with E-state index < -0.39 is 0 Å². The summed E-state index contributed by atoms with van der Waals surface area (Å²) in [7, 11) is 1.89. The highest BCUT2D eigenvalue weighted by molar-refractivity contribution is 7.39. The van der Waals surface area contributed by atoms with Gasteiger partial charge in [0.25, 0.3) is 0 Å². The van der Waals surface area contributed by atoms with Crippen LogP contribution in [0.15, 0.2) is 23.8 Å². The Bertz CT molecular complexity index is 797. The maximum absolute atomic E-state index is 12.6. The number of thiophene rings is 1. The molecular formula is C14H16ClN5OS2.